The molecule has 2 N–H and O–H groups in total. The Morgan fingerprint density at radius 1 is 0.903 bits per heavy atom. The number of rotatable bonds is 7. The van der Waals surface area contributed by atoms with E-state index in [0.29, 0.717) is 5.69 Å². The monoisotopic (exact) mass is 420 g/mol. The highest BCUT2D eigenvalue weighted by atomic mass is 19.1. The molecule has 6 nitrogen and oxygen atoms in total. The van der Waals surface area contributed by atoms with Gasteiger partial charge in [0.1, 0.15) is 12.4 Å². The van der Waals surface area contributed by atoms with Crippen LogP contribution in [-0.2, 0) is 14.3 Å². The number of benzene rings is 3. The minimum absolute atomic E-state index is 0.206. The van der Waals surface area contributed by atoms with Crippen molar-refractivity contribution in [1.29, 1.82) is 0 Å². The van der Waals surface area contributed by atoms with E-state index in [0.717, 1.165) is 23.3 Å². The van der Waals surface area contributed by atoms with Gasteiger partial charge in [0.15, 0.2) is 6.10 Å². The van der Waals surface area contributed by atoms with Crippen LogP contribution in [0.15, 0.2) is 78.9 Å². The van der Waals surface area contributed by atoms with E-state index in [1.54, 1.807) is 12.1 Å². The molecule has 0 aromatic heterocycles. The van der Waals surface area contributed by atoms with E-state index < -0.39 is 36.2 Å². The lowest BCUT2D eigenvalue weighted by atomic mass is 10.0. The molecule has 1 atom stereocenters. The lowest BCUT2D eigenvalue weighted by Gasteiger charge is -2.16. The van der Waals surface area contributed by atoms with Crippen LogP contribution >= 0.6 is 0 Å². The first-order valence-corrected chi connectivity index (χ1v) is 9.62. The van der Waals surface area contributed by atoms with Crippen LogP contribution < -0.4 is 10.6 Å². The van der Waals surface area contributed by atoms with Gasteiger partial charge in [0.2, 0.25) is 0 Å². The van der Waals surface area contributed by atoms with Gasteiger partial charge in [-0.25, -0.2) is 4.39 Å². The van der Waals surface area contributed by atoms with E-state index in [4.69, 9.17) is 4.74 Å². The summed E-state index contributed by atoms with van der Waals surface area (Å²) in [7, 11) is 0. The number of para-hydroxylation sites is 1. The average molecular weight is 420 g/mol. The number of nitrogens with one attached hydrogen (secondary N) is 2. The Morgan fingerprint density at radius 2 is 1.55 bits per heavy atom. The maximum absolute atomic E-state index is 12.9. The summed E-state index contributed by atoms with van der Waals surface area (Å²) in [4.78, 5) is 36.5. The molecule has 0 radical (unpaired) electrons. The molecule has 0 unspecified atom stereocenters. The molecule has 0 saturated heterocycles. The third kappa shape index (κ3) is 5.99. The lowest BCUT2D eigenvalue weighted by molar-refractivity contribution is -0.152. The van der Waals surface area contributed by atoms with Crippen molar-refractivity contribution in [1.82, 2.24) is 5.32 Å². The molecular formula is C24H21FN2O4. The van der Waals surface area contributed by atoms with Crippen LogP contribution in [0.5, 0.6) is 0 Å². The van der Waals surface area contributed by atoms with Crippen molar-refractivity contribution in [2.75, 3.05) is 11.9 Å². The van der Waals surface area contributed by atoms with Crippen molar-refractivity contribution in [3.8, 4) is 11.1 Å². The first-order chi connectivity index (χ1) is 14.9. The van der Waals surface area contributed by atoms with E-state index in [2.05, 4.69) is 10.6 Å². The molecule has 0 fully saturated rings. The third-order valence-corrected chi connectivity index (χ3v) is 4.45. The maximum Gasteiger partial charge on any atom is 0.326 e. The average Bonchev–Trinajstić information content (AvgIpc) is 2.79. The number of hydrogen-bond acceptors (Lipinski definition) is 4. The fourth-order valence-corrected chi connectivity index (χ4v) is 2.84. The summed E-state index contributed by atoms with van der Waals surface area (Å²) in [5.74, 6) is -2.29. The summed E-state index contributed by atoms with van der Waals surface area (Å²) in [6, 6.07) is 21.8. The molecule has 3 aromatic carbocycles. The van der Waals surface area contributed by atoms with E-state index in [-0.39, 0.29) is 5.56 Å². The number of amides is 2. The summed E-state index contributed by atoms with van der Waals surface area (Å²) in [5.41, 5.74) is 2.57. The van der Waals surface area contributed by atoms with Crippen LogP contribution in [0.4, 0.5) is 10.1 Å². The van der Waals surface area contributed by atoms with E-state index in [9.17, 15) is 18.8 Å². The number of halogens is 1. The molecular weight excluding hydrogens is 399 g/mol. The quantitative estimate of drug-likeness (QED) is 0.570. The van der Waals surface area contributed by atoms with E-state index in [1.165, 1.54) is 19.1 Å². The second kappa shape index (κ2) is 10.2. The minimum atomic E-state index is -1.07. The molecule has 0 saturated carbocycles. The van der Waals surface area contributed by atoms with Crippen molar-refractivity contribution in [3.63, 3.8) is 0 Å². The van der Waals surface area contributed by atoms with Crippen LogP contribution in [0.25, 0.3) is 11.1 Å². The van der Waals surface area contributed by atoms with Crippen LogP contribution in [0, 0.1) is 5.82 Å². The third-order valence-electron chi connectivity index (χ3n) is 4.45. The van der Waals surface area contributed by atoms with Gasteiger partial charge >= 0.3 is 5.97 Å². The van der Waals surface area contributed by atoms with Gasteiger partial charge in [-0.3, -0.25) is 14.4 Å². The summed E-state index contributed by atoms with van der Waals surface area (Å²) in [6.07, 6.45) is -1.07. The Kier molecular flexibility index (Phi) is 7.11. The largest absolute Gasteiger partial charge is 0.451 e. The highest BCUT2D eigenvalue weighted by molar-refractivity contribution is 5.99. The zero-order valence-corrected chi connectivity index (χ0v) is 16.8. The molecule has 158 valence electrons. The number of esters is 1. The van der Waals surface area contributed by atoms with Crippen molar-refractivity contribution in [2.45, 2.75) is 13.0 Å². The second-order valence-corrected chi connectivity index (χ2v) is 6.72. The maximum atomic E-state index is 12.9. The summed E-state index contributed by atoms with van der Waals surface area (Å²) in [5, 5.41) is 5.15. The van der Waals surface area contributed by atoms with E-state index >= 15 is 0 Å². The van der Waals surface area contributed by atoms with Gasteiger partial charge in [0, 0.05) is 16.8 Å². The number of carbonyl (C=O) groups excluding carboxylic acids is 3. The fraction of sp³-hybridized carbons (Fsp3) is 0.125. The summed E-state index contributed by atoms with van der Waals surface area (Å²) >= 11 is 0. The first kappa shape index (κ1) is 21.7. The Morgan fingerprint density at radius 3 is 2.26 bits per heavy atom. The molecule has 0 spiro atoms. The Labute approximate surface area is 179 Å². The molecule has 3 rings (SSSR count). The molecule has 2 amide bonds. The minimum Gasteiger partial charge on any atom is -0.451 e. The standard InChI is InChI=1S/C24H21FN2O4/c1-16(31-22(28)15-26-24(30)18-11-13-19(25)14-12-18)23(29)27-21-10-6-5-9-20(21)17-7-3-2-4-8-17/h2-14,16H,15H2,1H3,(H,26,30)(H,27,29)/t16-/m1/s1. The molecule has 7 heteroatoms. The van der Waals surface area contributed by atoms with Gasteiger partial charge in [0.25, 0.3) is 11.8 Å². The second-order valence-electron chi connectivity index (χ2n) is 6.72. The molecule has 3 aromatic rings. The van der Waals surface area contributed by atoms with Crippen molar-refractivity contribution >= 4 is 23.5 Å². The van der Waals surface area contributed by atoms with Gasteiger partial charge in [-0.1, -0.05) is 48.5 Å². The zero-order valence-electron chi connectivity index (χ0n) is 16.8. The highest BCUT2D eigenvalue weighted by Crippen LogP contribution is 2.27. The lowest BCUT2D eigenvalue weighted by Crippen LogP contribution is -2.35. The van der Waals surface area contributed by atoms with Crippen molar-refractivity contribution in [3.05, 3.63) is 90.2 Å². The Hall–Kier alpha value is -4.00. The van der Waals surface area contributed by atoms with Crippen LogP contribution in [0.3, 0.4) is 0 Å². The van der Waals surface area contributed by atoms with Crippen molar-refractivity contribution < 1.29 is 23.5 Å². The fourth-order valence-electron chi connectivity index (χ4n) is 2.84. The summed E-state index contributed by atoms with van der Waals surface area (Å²) < 4.78 is 18.0. The zero-order chi connectivity index (χ0) is 22.2. The van der Waals surface area contributed by atoms with Crippen LogP contribution in [0.1, 0.15) is 17.3 Å². The predicted molar refractivity (Wildman–Crippen MR) is 115 cm³/mol. The van der Waals surface area contributed by atoms with Gasteiger partial charge in [-0.15, -0.1) is 0 Å². The highest BCUT2D eigenvalue weighted by Gasteiger charge is 2.19. The number of ether oxygens (including phenoxy) is 1. The molecule has 0 aliphatic carbocycles. The topological polar surface area (TPSA) is 84.5 Å². The molecule has 0 bridgehead atoms. The Balaban J connectivity index is 1.54. The van der Waals surface area contributed by atoms with Crippen molar-refractivity contribution in [2.24, 2.45) is 0 Å². The number of hydrogen-bond donors (Lipinski definition) is 2. The van der Waals surface area contributed by atoms with Gasteiger partial charge in [0.05, 0.1) is 0 Å². The Bertz CT molecular complexity index is 1070. The number of carbonyl (C=O) groups is 3. The number of anilines is 1. The van der Waals surface area contributed by atoms with Crippen LogP contribution in [0.2, 0.25) is 0 Å². The molecule has 31 heavy (non-hydrogen) atoms. The van der Waals surface area contributed by atoms with E-state index in [1.807, 2.05) is 42.5 Å². The summed E-state index contributed by atoms with van der Waals surface area (Å²) in [6.45, 7) is 1.02. The van der Waals surface area contributed by atoms with Gasteiger partial charge < -0.3 is 15.4 Å². The van der Waals surface area contributed by atoms with Crippen LogP contribution in [-0.4, -0.2) is 30.4 Å². The molecule has 0 aliphatic heterocycles. The smallest absolute Gasteiger partial charge is 0.326 e. The molecule has 0 aliphatic rings. The molecule has 0 heterocycles. The van der Waals surface area contributed by atoms with Gasteiger partial charge in [-0.2, -0.15) is 0 Å². The normalized spacial score (nSPS) is 11.3. The predicted octanol–water partition coefficient (Wildman–Crippen LogP) is 3.79. The first-order valence-electron chi connectivity index (χ1n) is 9.62. The SMILES string of the molecule is C[C@@H](OC(=O)CNC(=O)c1ccc(F)cc1)C(=O)Nc1ccccc1-c1ccccc1. The van der Waals surface area contributed by atoms with Gasteiger partial charge in [-0.05, 0) is 42.8 Å².